The van der Waals surface area contributed by atoms with Crippen LogP contribution in [0.5, 0.6) is 5.75 Å². The van der Waals surface area contributed by atoms with Gasteiger partial charge in [0.2, 0.25) is 5.95 Å². The summed E-state index contributed by atoms with van der Waals surface area (Å²) < 4.78 is 40.3. The molecule has 8 heteroatoms. The number of benzene rings is 2. The van der Waals surface area contributed by atoms with Gasteiger partial charge in [-0.25, -0.2) is 9.97 Å². The third-order valence-electron chi connectivity index (χ3n) is 3.44. The van der Waals surface area contributed by atoms with Crippen molar-refractivity contribution in [1.29, 1.82) is 0 Å². The van der Waals surface area contributed by atoms with E-state index < -0.39 is 6.36 Å². The lowest BCUT2D eigenvalue weighted by atomic mass is 10.1. The Morgan fingerprint density at radius 3 is 2.08 bits per heavy atom. The molecule has 3 aromatic rings. The second kappa shape index (κ2) is 7.61. The molecule has 0 aliphatic rings. The summed E-state index contributed by atoms with van der Waals surface area (Å²) in [5, 5.41) is 3.75. The zero-order valence-corrected chi connectivity index (χ0v) is 14.1. The second-order valence-corrected chi connectivity index (χ2v) is 5.78. The van der Waals surface area contributed by atoms with Crippen LogP contribution in [0.1, 0.15) is 5.56 Å². The third-order valence-corrected chi connectivity index (χ3v) is 3.69. The number of anilines is 1. The van der Waals surface area contributed by atoms with E-state index in [1.54, 1.807) is 24.5 Å². The summed E-state index contributed by atoms with van der Waals surface area (Å²) in [6.45, 7) is 0.542. The Bertz CT molecular complexity index is 851. The molecule has 1 N–H and O–H groups in total. The van der Waals surface area contributed by atoms with Crippen LogP contribution < -0.4 is 10.1 Å². The highest BCUT2D eigenvalue weighted by molar-refractivity contribution is 6.30. The predicted octanol–water partition coefficient (Wildman–Crippen LogP) is 5.31. The van der Waals surface area contributed by atoms with Gasteiger partial charge in [0.15, 0.2) is 0 Å². The number of nitrogens with one attached hydrogen (secondary N) is 1. The fourth-order valence-corrected chi connectivity index (χ4v) is 2.33. The van der Waals surface area contributed by atoms with Crippen molar-refractivity contribution in [2.75, 3.05) is 5.32 Å². The molecule has 26 heavy (non-hydrogen) atoms. The summed E-state index contributed by atoms with van der Waals surface area (Å²) in [5.41, 5.74) is 2.40. The molecule has 0 amide bonds. The summed E-state index contributed by atoms with van der Waals surface area (Å²) >= 11 is 5.84. The van der Waals surface area contributed by atoms with Crippen molar-refractivity contribution < 1.29 is 17.9 Å². The minimum atomic E-state index is -4.71. The van der Waals surface area contributed by atoms with Crippen LogP contribution in [0.25, 0.3) is 11.1 Å². The van der Waals surface area contributed by atoms with Crippen LogP contribution in [0, 0.1) is 0 Å². The molecule has 134 valence electrons. The van der Waals surface area contributed by atoms with Crippen LogP contribution >= 0.6 is 11.6 Å². The van der Waals surface area contributed by atoms with Gasteiger partial charge in [0.05, 0.1) is 0 Å². The van der Waals surface area contributed by atoms with Gasteiger partial charge >= 0.3 is 6.36 Å². The van der Waals surface area contributed by atoms with Gasteiger partial charge in [-0.3, -0.25) is 0 Å². The highest BCUT2D eigenvalue weighted by Crippen LogP contribution is 2.26. The number of halogens is 4. The summed E-state index contributed by atoms with van der Waals surface area (Å²) in [6, 6.07) is 12.9. The maximum atomic E-state index is 12.2. The normalized spacial score (nSPS) is 11.2. The van der Waals surface area contributed by atoms with Crippen molar-refractivity contribution in [3.05, 3.63) is 71.5 Å². The van der Waals surface area contributed by atoms with Crippen molar-refractivity contribution in [3.63, 3.8) is 0 Å². The summed E-state index contributed by atoms with van der Waals surface area (Å²) in [4.78, 5) is 8.42. The molecule has 1 heterocycles. The maximum Gasteiger partial charge on any atom is 0.573 e. The first-order valence-electron chi connectivity index (χ1n) is 7.55. The average molecular weight is 380 g/mol. The highest BCUT2D eigenvalue weighted by atomic mass is 35.5. The molecule has 0 atom stereocenters. The Hall–Kier alpha value is -2.80. The first-order chi connectivity index (χ1) is 12.4. The molecule has 0 aliphatic carbocycles. The molecular weight excluding hydrogens is 367 g/mol. The molecule has 0 saturated heterocycles. The Kier molecular flexibility index (Phi) is 5.27. The first kappa shape index (κ1) is 18.0. The summed E-state index contributed by atoms with van der Waals surface area (Å²) in [5.74, 6) is 0.171. The number of hydrogen-bond acceptors (Lipinski definition) is 4. The maximum absolute atomic E-state index is 12.2. The van der Waals surface area contributed by atoms with Gasteiger partial charge in [-0.1, -0.05) is 35.9 Å². The van der Waals surface area contributed by atoms with E-state index in [1.165, 1.54) is 24.3 Å². The Morgan fingerprint density at radius 1 is 0.885 bits per heavy atom. The van der Waals surface area contributed by atoms with Crippen molar-refractivity contribution in [1.82, 2.24) is 9.97 Å². The summed E-state index contributed by atoms with van der Waals surface area (Å²) in [7, 11) is 0. The van der Waals surface area contributed by atoms with Gasteiger partial charge in [-0.05, 0) is 35.4 Å². The van der Waals surface area contributed by atoms with Crippen LogP contribution in [0.4, 0.5) is 19.1 Å². The number of hydrogen-bond donors (Lipinski definition) is 1. The fourth-order valence-electron chi connectivity index (χ4n) is 2.20. The minimum Gasteiger partial charge on any atom is -0.406 e. The smallest absolute Gasteiger partial charge is 0.406 e. The van der Waals surface area contributed by atoms with Gasteiger partial charge < -0.3 is 10.1 Å². The lowest BCUT2D eigenvalue weighted by Crippen LogP contribution is -2.16. The van der Waals surface area contributed by atoms with Crippen LogP contribution in [-0.2, 0) is 6.54 Å². The third kappa shape index (κ3) is 5.10. The molecule has 4 nitrogen and oxygen atoms in total. The number of ether oxygens (including phenoxy) is 1. The molecule has 0 bridgehead atoms. The molecule has 0 fully saturated rings. The van der Waals surface area contributed by atoms with Gasteiger partial charge in [-0.15, -0.1) is 13.2 Å². The van der Waals surface area contributed by atoms with E-state index in [0.717, 1.165) is 5.56 Å². The topological polar surface area (TPSA) is 47.0 Å². The average Bonchev–Trinajstić information content (AvgIpc) is 2.61. The van der Waals surface area contributed by atoms with Crippen molar-refractivity contribution in [2.45, 2.75) is 12.9 Å². The lowest BCUT2D eigenvalue weighted by molar-refractivity contribution is -0.274. The Labute approximate surface area is 152 Å². The van der Waals surface area contributed by atoms with Gasteiger partial charge in [0.25, 0.3) is 0 Å². The number of rotatable bonds is 5. The Balaban J connectivity index is 1.62. The van der Waals surface area contributed by atoms with Crippen molar-refractivity contribution in [2.24, 2.45) is 0 Å². The molecule has 1 aromatic heterocycles. The van der Waals surface area contributed by atoms with Crippen LogP contribution in [0.3, 0.4) is 0 Å². The van der Waals surface area contributed by atoms with Crippen molar-refractivity contribution in [3.8, 4) is 16.9 Å². The zero-order chi connectivity index (χ0) is 18.6. The molecule has 0 radical (unpaired) electrons. The van der Waals surface area contributed by atoms with Crippen molar-refractivity contribution >= 4 is 17.5 Å². The second-order valence-electron chi connectivity index (χ2n) is 5.35. The molecule has 0 saturated carbocycles. The van der Waals surface area contributed by atoms with E-state index in [1.807, 2.05) is 12.1 Å². The largest absolute Gasteiger partial charge is 0.573 e. The molecule has 2 aromatic carbocycles. The standard InChI is InChI=1S/C18H13ClF3N3O/c19-15-5-1-12(2-6-15)9-23-17-24-10-14(11-25-17)13-3-7-16(8-4-13)26-18(20,21)22/h1-8,10-11H,9H2,(H,23,24,25). The Morgan fingerprint density at radius 2 is 1.50 bits per heavy atom. The SMILES string of the molecule is FC(F)(F)Oc1ccc(-c2cnc(NCc3ccc(Cl)cc3)nc2)cc1. The number of aromatic nitrogens is 2. The van der Waals surface area contributed by atoms with Crippen LogP contribution in [-0.4, -0.2) is 16.3 Å². The van der Waals surface area contributed by atoms with E-state index in [9.17, 15) is 13.2 Å². The molecular formula is C18H13ClF3N3O. The number of nitrogens with zero attached hydrogens (tertiary/aromatic N) is 2. The quantitative estimate of drug-likeness (QED) is 0.652. The monoisotopic (exact) mass is 379 g/mol. The van der Waals surface area contributed by atoms with Gasteiger partial charge in [-0.2, -0.15) is 0 Å². The van der Waals surface area contributed by atoms with Crippen LogP contribution in [0.15, 0.2) is 60.9 Å². The predicted molar refractivity (Wildman–Crippen MR) is 92.9 cm³/mol. The van der Waals surface area contributed by atoms with E-state index in [-0.39, 0.29) is 5.75 Å². The van der Waals surface area contributed by atoms with Crippen LogP contribution in [0.2, 0.25) is 5.02 Å². The highest BCUT2D eigenvalue weighted by Gasteiger charge is 2.30. The molecule has 0 spiro atoms. The zero-order valence-electron chi connectivity index (χ0n) is 13.3. The van der Waals surface area contributed by atoms with E-state index >= 15 is 0 Å². The fraction of sp³-hybridized carbons (Fsp3) is 0.111. The van der Waals surface area contributed by atoms with Gasteiger partial charge in [0, 0.05) is 29.5 Å². The molecule has 3 rings (SSSR count). The molecule has 0 aliphatic heterocycles. The lowest BCUT2D eigenvalue weighted by Gasteiger charge is -2.09. The first-order valence-corrected chi connectivity index (χ1v) is 7.93. The molecule has 0 unspecified atom stereocenters. The number of alkyl halides is 3. The minimum absolute atomic E-state index is 0.275. The summed E-state index contributed by atoms with van der Waals surface area (Å²) in [6.07, 6.45) is -1.52. The van der Waals surface area contributed by atoms with Gasteiger partial charge in [0.1, 0.15) is 5.75 Å². The van der Waals surface area contributed by atoms with E-state index in [4.69, 9.17) is 11.6 Å². The van der Waals surface area contributed by atoms with E-state index in [0.29, 0.717) is 28.6 Å². The van der Waals surface area contributed by atoms with E-state index in [2.05, 4.69) is 20.0 Å².